The Kier molecular flexibility index (Phi) is 11.8. The summed E-state index contributed by atoms with van der Waals surface area (Å²) in [5, 5.41) is 103. The quantitative estimate of drug-likeness (QED) is 0.118. The van der Waals surface area contributed by atoms with Gasteiger partial charge in [0, 0.05) is 6.92 Å². The molecule has 0 spiro atoms. The molecule has 16 nitrogen and oxygen atoms in total. The zero-order chi connectivity index (χ0) is 27.3. The summed E-state index contributed by atoms with van der Waals surface area (Å²) < 4.78 is 22.0. The Hall–Kier alpha value is -1.09. The van der Waals surface area contributed by atoms with E-state index in [9.17, 15) is 55.9 Å². The van der Waals surface area contributed by atoms with E-state index in [-0.39, 0.29) is 0 Å². The van der Waals surface area contributed by atoms with Crippen LogP contribution in [0.5, 0.6) is 0 Å². The molecule has 0 aliphatic carbocycles. The fourth-order valence-electron chi connectivity index (χ4n) is 3.98. The van der Waals surface area contributed by atoms with Gasteiger partial charge in [0.05, 0.1) is 32.0 Å². The highest BCUT2D eigenvalue weighted by Crippen LogP contribution is 2.31. The van der Waals surface area contributed by atoms with E-state index in [4.69, 9.17) is 18.9 Å². The molecule has 1 amide bonds. The monoisotopic (exact) mass is 531 g/mol. The first-order valence-electron chi connectivity index (χ1n) is 11.4. The average molecular weight is 532 g/mol. The van der Waals surface area contributed by atoms with Gasteiger partial charge < -0.3 is 75.3 Å². The maximum Gasteiger partial charge on any atom is 0.217 e. The molecule has 36 heavy (non-hydrogen) atoms. The van der Waals surface area contributed by atoms with Crippen LogP contribution in [0, 0.1) is 0 Å². The molecule has 2 aliphatic heterocycles. The van der Waals surface area contributed by atoms with Crippen LogP contribution in [0.1, 0.15) is 13.8 Å². The molecule has 0 aromatic rings. The predicted octanol–water partition coefficient (Wildman–Crippen LogP) is -6.77. The molecule has 0 aromatic heterocycles. The SMILES string of the molecule is CC(=O)N[C@@H](CO)[C@@H](O[C@@H]1O[C@H](CO)[C@H](O)[C@H](O)[C@H]1O[C@H]1O[C@H](C)[C@H](O)[C@H](O)[C@H]1O)[C@@H](O)[C@H](O)CO. The van der Waals surface area contributed by atoms with Crippen molar-refractivity contribution in [1.82, 2.24) is 5.32 Å². The summed E-state index contributed by atoms with van der Waals surface area (Å²) in [6, 6.07) is -1.38. The van der Waals surface area contributed by atoms with Crippen LogP contribution in [0.4, 0.5) is 0 Å². The smallest absolute Gasteiger partial charge is 0.217 e. The minimum atomic E-state index is -1.94. The first kappa shape index (κ1) is 31.1. The van der Waals surface area contributed by atoms with Crippen LogP contribution >= 0.6 is 0 Å². The predicted molar refractivity (Wildman–Crippen MR) is 114 cm³/mol. The second-order valence-electron chi connectivity index (χ2n) is 8.82. The van der Waals surface area contributed by atoms with Crippen LogP contribution in [0.2, 0.25) is 0 Å². The summed E-state index contributed by atoms with van der Waals surface area (Å²) in [7, 11) is 0. The van der Waals surface area contributed by atoms with Crippen molar-refractivity contribution in [3.05, 3.63) is 0 Å². The van der Waals surface area contributed by atoms with Crippen molar-refractivity contribution in [3.63, 3.8) is 0 Å². The molecule has 0 aromatic carbocycles. The van der Waals surface area contributed by atoms with Crippen molar-refractivity contribution < 1.29 is 74.8 Å². The number of ether oxygens (including phenoxy) is 4. The number of hydrogen-bond acceptors (Lipinski definition) is 15. The molecule has 11 N–H and O–H groups in total. The fourth-order valence-corrected chi connectivity index (χ4v) is 3.98. The Labute approximate surface area is 206 Å². The maximum atomic E-state index is 11.6. The summed E-state index contributed by atoms with van der Waals surface area (Å²) in [6.45, 7) is -0.0978. The summed E-state index contributed by atoms with van der Waals surface area (Å²) in [5.41, 5.74) is 0. The number of nitrogens with one attached hydrogen (secondary N) is 1. The van der Waals surface area contributed by atoms with Crippen molar-refractivity contribution in [2.24, 2.45) is 0 Å². The third-order valence-electron chi connectivity index (χ3n) is 6.12. The van der Waals surface area contributed by atoms with Gasteiger partial charge in [0.25, 0.3) is 0 Å². The summed E-state index contributed by atoms with van der Waals surface area (Å²) in [6.07, 6.45) is -21.8. The van der Waals surface area contributed by atoms with E-state index in [1.807, 2.05) is 0 Å². The Morgan fingerprint density at radius 3 is 2.06 bits per heavy atom. The number of hydrogen-bond donors (Lipinski definition) is 11. The normalized spacial score (nSPS) is 40.8. The van der Waals surface area contributed by atoms with Crippen LogP contribution in [-0.4, -0.2) is 163 Å². The highest BCUT2D eigenvalue weighted by molar-refractivity contribution is 5.73. The van der Waals surface area contributed by atoms with Gasteiger partial charge in [-0.05, 0) is 6.92 Å². The molecule has 0 bridgehead atoms. The number of amides is 1. The van der Waals surface area contributed by atoms with Crippen molar-refractivity contribution >= 4 is 5.91 Å². The third-order valence-corrected chi connectivity index (χ3v) is 6.12. The lowest BCUT2D eigenvalue weighted by molar-refractivity contribution is -0.373. The Bertz CT molecular complexity index is 687. The van der Waals surface area contributed by atoms with Gasteiger partial charge in [-0.25, -0.2) is 0 Å². The van der Waals surface area contributed by atoms with E-state index in [2.05, 4.69) is 5.32 Å². The number of rotatable bonds is 11. The fraction of sp³-hybridized carbons (Fsp3) is 0.950. The largest absolute Gasteiger partial charge is 0.394 e. The number of aliphatic hydroxyl groups is 10. The van der Waals surface area contributed by atoms with Crippen LogP contribution in [0.25, 0.3) is 0 Å². The lowest BCUT2D eigenvalue weighted by atomic mass is 9.96. The van der Waals surface area contributed by atoms with E-state index < -0.39 is 111 Å². The highest BCUT2D eigenvalue weighted by Gasteiger charge is 2.51. The van der Waals surface area contributed by atoms with E-state index in [1.54, 1.807) is 0 Å². The Morgan fingerprint density at radius 2 is 1.53 bits per heavy atom. The summed E-state index contributed by atoms with van der Waals surface area (Å²) in [4.78, 5) is 11.6. The number of aliphatic hydroxyl groups excluding tert-OH is 10. The topological polar surface area (TPSA) is 268 Å². The molecule has 212 valence electrons. The van der Waals surface area contributed by atoms with Crippen LogP contribution < -0.4 is 5.32 Å². The summed E-state index contributed by atoms with van der Waals surface area (Å²) >= 11 is 0. The van der Waals surface area contributed by atoms with E-state index in [0.29, 0.717) is 0 Å². The van der Waals surface area contributed by atoms with Gasteiger partial charge in [-0.15, -0.1) is 0 Å². The zero-order valence-electron chi connectivity index (χ0n) is 19.7. The van der Waals surface area contributed by atoms with Crippen LogP contribution in [-0.2, 0) is 23.7 Å². The molecule has 16 heteroatoms. The molecule has 2 fully saturated rings. The van der Waals surface area contributed by atoms with E-state index in [1.165, 1.54) is 6.92 Å². The molecule has 0 unspecified atom stereocenters. The first-order chi connectivity index (χ1) is 16.9. The lowest BCUT2D eigenvalue weighted by Crippen LogP contribution is -2.66. The Balaban J connectivity index is 2.38. The minimum absolute atomic E-state index is 0.658. The molecule has 14 atom stereocenters. The molecule has 0 radical (unpaired) electrons. The lowest BCUT2D eigenvalue weighted by Gasteiger charge is -2.47. The molecular formula is C20H37NO15. The number of carbonyl (C=O) groups is 1. The summed E-state index contributed by atoms with van der Waals surface area (Å²) in [5.74, 6) is -0.658. The molecule has 2 saturated heterocycles. The van der Waals surface area contributed by atoms with Crippen molar-refractivity contribution in [2.75, 3.05) is 19.8 Å². The zero-order valence-corrected chi connectivity index (χ0v) is 19.7. The molecule has 2 rings (SSSR count). The molecule has 2 heterocycles. The molecular weight excluding hydrogens is 494 g/mol. The van der Waals surface area contributed by atoms with Gasteiger partial charge in [-0.3, -0.25) is 4.79 Å². The highest BCUT2D eigenvalue weighted by atomic mass is 16.8. The standard InChI is InChI=1S/C20H37NO15/c1-6-11(27)14(30)16(32)19(33-6)36-18-15(31)13(29)10(5-24)34-20(18)35-17(12(28)9(26)4-23)8(3-22)21-7(2)25/h6,8-20,22-24,26-32H,3-5H2,1-2H3,(H,21,25)/t6-,8+,9-,10-,11+,12+,13+,14+,15+,16-,17-,18-,19-,20+/m1/s1. The number of carbonyl (C=O) groups excluding carboxylic acids is 1. The molecule has 0 saturated carbocycles. The van der Waals surface area contributed by atoms with Crippen LogP contribution in [0.15, 0.2) is 0 Å². The van der Waals surface area contributed by atoms with Gasteiger partial charge >= 0.3 is 0 Å². The van der Waals surface area contributed by atoms with Gasteiger partial charge in [-0.1, -0.05) is 0 Å². The van der Waals surface area contributed by atoms with Gasteiger partial charge in [0.15, 0.2) is 12.6 Å². The minimum Gasteiger partial charge on any atom is -0.394 e. The van der Waals surface area contributed by atoms with Crippen LogP contribution in [0.3, 0.4) is 0 Å². The average Bonchev–Trinajstić information content (AvgIpc) is 2.85. The van der Waals surface area contributed by atoms with Crippen molar-refractivity contribution in [2.45, 2.75) is 99.6 Å². The second-order valence-corrected chi connectivity index (χ2v) is 8.82. The van der Waals surface area contributed by atoms with Gasteiger partial charge in [-0.2, -0.15) is 0 Å². The van der Waals surface area contributed by atoms with Crippen molar-refractivity contribution in [1.29, 1.82) is 0 Å². The Morgan fingerprint density at radius 1 is 0.889 bits per heavy atom. The third kappa shape index (κ3) is 7.06. The van der Waals surface area contributed by atoms with E-state index >= 15 is 0 Å². The van der Waals surface area contributed by atoms with Crippen molar-refractivity contribution in [3.8, 4) is 0 Å². The second kappa shape index (κ2) is 13.6. The molecule has 2 aliphatic rings. The maximum absolute atomic E-state index is 11.6. The van der Waals surface area contributed by atoms with E-state index in [0.717, 1.165) is 6.92 Å². The first-order valence-corrected chi connectivity index (χ1v) is 11.4. The van der Waals surface area contributed by atoms with Gasteiger partial charge in [0.2, 0.25) is 5.91 Å². The van der Waals surface area contributed by atoms with Gasteiger partial charge in [0.1, 0.15) is 61.0 Å².